The maximum absolute atomic E-state index is 13.6. The standard InChI is InChI=1S/C21H24FN3O5S/c1-13-17-19(26)23-16(24-20(17)31-18(13)21(27)30-11-10-28-3)12-25(2)8-9-29-15-7-5-4-6-14(15)22/h4-7H,8-12H2,1-3H3,(H,23,24,26). The van der Waals surface area contributed by atoms with Gasteiger partial charge in [-0.3, -0.25) is 9.69 Å². The minimum absolute atomic E-state index is 0.137. The molecule has 3 rings (SSSR count). The Balaban J connectivity index is 1.66. The Morgan fingerprint density at radius 3 is 2.77 bits per heavy atom. The molecule has 0 aliphatic rings. The Bertz CT molecular complexity index is 1110. The van der Waals surface area contributed by atoms with Crippen LogP contribution in [0.15, 0.2) is 29.1 Å². The van der Waals surface area contributed by atoms with Crippen LogP contribution in [0.1, 0.15) is 21.1 Å². The summed E-state index contributed by atoms with van der Waals surface area (Å²) in [5.74, 6) is -0.249. The molecule has 1 N–H and O–H groups in total. The lowest BCUT2D eigenvalue weighted by Crippen LogP contribution is -2.26. The summed E-state index contributed by atoms with van der Waals surface area (Å²) >= 11 is 1.13. The highest BCUT2D eigenvalue weighted by atomic mass is 32.1. The third kappa shape index (κ3) is 5.66. The molecule has 0 aliphatic carbocycles. The van der Waals surface area contributed by atoms with E-state index in [0.29, 0.717) is 46.2 Å². The normalized spacial score (nSPS) is 11.3. The average molecular weight is 450 g/mol. The SMILES string of the molecule is COCCOC(=O)c1sc2nc(CN(C)CCOc3ccccc3F)[nH]c(=O)c2c1C. The Labute approximate surface area is 182 Å². The van der Waals surface area contributed by atoms with Gasteiger partial charge in [0.2, 0.25) is 0 Å². The third-order valence-corrected chi connectivity index (χ3v) is 5.71. The molecular weight excluding hydrogens is 425 g/mol. The van der Waals surface area contributed by atoms with Gasteiger partial charge in [0, 0.05) is 13.7 Å². The molecule has 10 heteroatoms. The van der Waals surface area contributed by atoms with Crippen LogP contribution in [0, 0.1) is 12.7 Å². The van der Waals surface area contributed by atoms with E-state index in [2.05, 4.69) is 9.97 Å². The predicted octanol–water partition coefficient (Wildman–Crippen LogP) is 2.75. The van der Waals surface area contributed by atoms with Gasteiger partial charge >= 0.3 is 5.97 Å². The first-order chi connectivity index (χ1) is 14.9. The number of para-hydroxylation sites is 1. The van der Waals surface area contributed by atoms with Crippen LogP contribution in [-0.4, -0.2) is 61.4 Å². The van der Waals surface area contributed by atoms with Gasteiger partial charge in [-0.1, -0.05) is 12.1 Å². The fourth-order valence-corrected chi connectivity index (χ4v) is 4.04. The van der Waals surface area contributed by atoms with Gasteiger partial charge in [-0.15, -0.1) is 11.3 Å². The number of aryl methyl sites for hydroxylation is 1. The van der Waals surface area contributed by atoms with Gasteiger partial charge < -0.3 is 19.2 Å². The highest BCUT2D eigenvalue weighted by Crippen LogP contribution is 2.27. The van der Waals surface area contributed by atoms with Gasteiger partial charge in [0.1, 0.15) is 28.7 Å². The predicted molar refractivity (Wildman–Crippen MR) is 115 cm³/mol. The molecule has 0 spiro atoms. The van der Waals surface area contributed by atoms with Crippen molar-refractivity contribution < 1.29 is 23.4 Å². The summed E-state index contributed by atoms with van der Waals surface area (Å²) in [7, 11) is 3.36. The lowest BCUT2D eigenvalue weighted by molar-refractivity contribution is 0.0393. The minimum Gasteiger partial charge on any atom is -0.489 e. The largest absolute Gasteiger partial charge is 0.489 e. The van der Waals surface area contributed by atoms with Crippen LogP contribution < -0.4 is 10.3 Å². The van der Waals surface area contributed by atoms with Crippen molar-refractivity contribution in [1.29, 1.82) is 0 Å². The number of carbonyl (C=O) groups excluding carboxylic acids is 1. The fourth-order valence-electron chi connectivity index (χ4n) is 2.95. The number of carbonyl (C=O) groups is 1. The van der Waals surface area contributed by atoms with E-state index in [4.69, 9.17) is 14.2 Å². The number of esters is 1. The first kappa shape index (κ1) is 22.9. The van der Waals surface area contributed by atoms with E-state index in [1.165, 1.54) is 13.2 Å². The maximum atomic E-state index is 13.6. The number of likely N-dealkylation sites (N-methyl/N-ethyl adjacent to an activating group) is 1. The summed E-state index contributed by atoms with van der Waals surface area (Å²) in [6.07, 6.45) is 0. The molecule has 1 aromatic carbocycles. The van der Waals surface area contributed by atoms with E-state index in [0.717, 1.165) is 11.3 Å². The number of H-pyrrole nitrogens is 1. The molecule has 2 heterocycles. The molecule has 31 heavy (non-hydrogen) atoms. The van der Waals surface area contributed by atoms with Crippen molar-refractivity contribution in [3.05, 3.63) is 56.7 Å². The summed E-state index contributed by atoms with van der Waals surface area (Å²) in [5.41, 5.74) is 0.245. The van der Waals surface area contributed by atoms with Crippen molar-refractivity contribution >= 4 is 27.5 Å². The second-order valence-corrected chi connectivity index (χ2v) is 7.89. The molecule has 3 aromatic rings. The van der Waals surface area contributed by atoms with E-state index in [1.807, 2.05) is 11.9 Å². The Hall–Kier alpha value is -2.82. The zero-order valence-corrected chi connectivity index (χ0v) is 18.4. The van der Waals surface area contributed by atoms with Crippen molar-refractivity contribution in [3.63, 3.8) is 0 Å². The van der Waals surface area contributed by atoms with E-state index in [-0.39, 0.29) is 24.5 Å². The van der Waals surface area contributed by atoms with E-state index in [9.17, 15) is 14.0 Å². The molecule has 0 unspecified atom stereocenters. The van der Waals surface area contributed by atoms with Crippen LogP contribution in [0.5, 0.6) is 5.75 Å². The number of rotatable bonds is 10. The van der Waals surface area contributed by atoms with Crippen molar-refractivity contribution in [2.45, 2.75) is 13.5 Å². The number of aromatic nitrogens is 2. The van der Waals surface area contributed by atoms with Gasteiger partial charge in [-0.2, -0.15) is 0 Å². The summed E-state index contributed by atoms with van der Waals surface area (Å²) in [5, 5.41) is 0.387. The van der Waals surface area contributed by atoms with Gasteiger partial charge in [0.15, 0.2) is 11.6 Å². The number of hydrogen-bond donors (Lipinski definition) is 1. The monoisotopic (exact) mass is 449 g/mol. The molecule has 0 radical (unpaired) electrons. The second-order valence-electron chi connectivity index (χ2n) is 6.89. The number of ether oxygens (including phenoxy) is 3. The zero-order chi connectivity index (χ0) is 22.4. The average Bonchev–Trinajstić information content (AvgIpc) is 3.06. The number of hydrogen-bond acceptors (Lipinski definition) is 8. The Morgan fingerprint density at radius 1 is 1.26 bits per heavy atom. The van der Waals surface area contributed by atoms with Crippen molar-refractivity contribution in [3.8, 4) is 5.75 Å². The summed E-state index contributed by atoms with van der Waals surface area (Å²) in [4.78, 5) is 34.9. The first-order valence-electron chi connectivity index (χ1n) is 9.65. The van der Waals surface area contributed by atoms with Crippen LogP contribution in [0.25, 0.3) is 10.2 Å². The second kappa shape index (κ2) is 10.5. The molecule has 0 fully saturated rings. The van der Waals surface area contributed by atoms with Crippen LogP contribution in [0.2, 0.25) is 0 Å². The lowest BCUT2D eigenvalue weighted by Gasteiger charge is -2.16. The van der Waals surface area contributed by atoms with Crippen molar-refractivity contribution in [2.24, 2.45) is 0 Å². The number of nitrogens with one attached hydrogen (secondary N) is 1. The van der Waals surface area contributed by atoms with Crippen molar-refractivity contribution in [2.75, 3.05) is 40.5 Å². The minimum atomic E-state index is -0.499. The summed E-state index contributed by atoms with van der Waals surface area (Å²) in [6, 6.07) is 6.22. The molecule has 2 aromatic heterocycles. The third-order valence-electron chi connectivity index (χ3n) is 4.54. The lowest BCUT2D eigenvalue weighted by atomic mass is 10.2. The van der Waals surface area contributed by atoms with Crippen LogP contribution in [-0.2, 0) is 16.0 Å². The number of fused-ring (bicyclic) bond motifs is 1. The van der Waals surface area contributed by atoms with E-state index >= 15 is 0 Å². The number of aromatic amines is 1. The molecule has 0 saturated carbocycles. The van der Waals surface area contributed by atoms with Crippen LogP contribution in [0.3, 0.4) is 0 Å². The molecule has 0 atom stereocenters. The molecule has 0 aliphatic heterocycles. The fraction of sp³-hybridized carbons (Fsp3) is 0.381. The quantitative estimate of drug-likeness (QED) is 0.376. The van der Waals surface area contributed by atoms with Crippen molar-refractivity contribution in [1.82, 2.24) is 14.9 Å². The maximum Gasteiger partial charge on any atom is 0.348 e. The highest BCUT2D eigenvalue weighted by molar-refractivity contribution is 7.20. The summed E-state index contributed by atoms with van der Waals surface area (Å²) < 4.78 is 29.1. The Morgan fingerprint density at radius 2 is 2.03 bits per heavy atom. The van der Waals surface area contributed by atoms with Gasteiger partial charge in [-0.05, 0) is 31.7 Å². The molecule has 0 saturated heterocycles. The molecule has 0 amide bonds. The molecular formula is C21H24FN3O5S. The van der Waals surface area contributed by atoms with Gasteiger partial charge in [-0.25, -0.2) is 14.2 Å². The van der Waals surface area contributed by atoms with Gasteiger partial charge in [0.25, 0.3) is 5.56 Å². The number of methoxy groups -OCH3 is 1. The van der Waals surface area contributed by atoms with E-state index < -0.39 is 11.8 Å². The smallest absolute Gasteiger partial charge is 0.348 e. The van der Waals surface area contributed by atoms with Gasteiger partial charge in [0.05, 0.1) is 18.5 Å². The number of benzene rings is 1. The van der Waals surface area contributed by atoms with Crippen LogP contribution >= 0.6 is 11.3 Å². The highest BCUT2D eigenvalue weighted by Gasteiger charge is 2.20. The zero-order valence-electron chi connectivity index (χ0n) is 17.6. The number of nitrogens with zero attached hydrogens (tertiary/aromatic N) is 2. The molecule has 8 nitrogen and oxygen atoms in total. The number of thiophene rings is 1. The van der Waals surface area contributed by atoms with E-state index in [1.54, 1.807) is 25.1 Å². The Kier molecular flexibility index (Phi) is 7.72. The molecule has 166 valence electrons. The topological polar surface area (TPSA) is 93.8 Å². The number of halogens is 1. The van der Waals surface area contributed by atoms with Crippen LogP contribution in [0.4, 0.5) is 4.39 Å². The summed E-state index contributed by atoms with van der Waals surface area (Å²) in [6.45, 7) is 3.27. The molecule has 0 bridgehead atoms. The first-order valence-corrected chi connectivity index (χ1v) is 10.5.